The Bertz CT molecular complexity index is 1060. The van der Waals surface area contributed by atoms with E-state index in [4.69, 9.17) is 0 Å². The molecule has 3 rings (SSSR count). The van der Waals surface area contributed by atoms with E-state index >= 15 is 0 Å². The predicted octanol–water partition coefficient (Wildman–Crippen LogP) is 8.89. The van der Waals surface area contributed by atoms with Crippen LogP contribution in [0.25, 0.3) is 0 Å². The molecule has 0 heterocycles. The van der Waals surface area contributed by atoms with Crippen molar-refractivity contribution in [2.24, 2.45) is 0 Å². The van der Waals surface area contributed by atoms with Crippen LogP contribution < -0.4 is 5.19 Å². The number of aromatic hydroxyl groups is 1. The third-order valence-corrected chi connectivity index (χ3v) is 26.3. The highest BCUT2D eigenvalue weighted by Gasteiger charge is 2.38. The molecule has 3 aromatic carbocycles. The highest BCUT2D eigenvalue weighted by atomic mass is 29.3. The fourth-order valence-corrected chi connectivity index (χ4v) is 10.0. The molecule has 0 aliphatic carbocycles. The standard InChI is InChI=1S/C32H46OSi2/c1-9-26(28-16-20-32(21-17-28)35(7,8)34(4,5)6)23-30(29-14-18-31(33)19-15-29)22-25(3)27-12-10-24(2)11-13-27/h10-21,25-26,30,33H,9,22-23H2,1-8H3. The van der Waals surface area contributed by atoms with E-state index in [0.29, 0.717) is 23.5 Å². The molecule has 3 aromatic rings. The predicted molar refractivity (Wildman–Crippen MR) is 160 cm³/mol. The minimum atomic E-state index is -1.39. The Morgan fingerprint density at radius 3 is 1.66 bits per heavy atom. The Kier molecular flexibility index (Phi) is 8.88. The number of hydrogen-bond donors (Lipinski definition) is 1. The number of rotatable bonds is 10. The van der Waals surface area contributed by atoms with Crippen LogP contribution in [0.5, 0.6) is 5.75 Å². The average molecular weight is 503 g/mol. The highest BCUT2D eigenvalue weighted by Crippen LogP contribution is 2.39. The van der Waals surface area contributed by atoms with Crippen LogP contribution in [-0.4, -0.2) is 20.3 Å². The van der Waals surface area contributed by atoms with Gasteiger partial charge in [0.25, 0.3) is 0 Å². The summed E-state index contributed by atoms with van der Waals surface area (Å²) in [6.07, 6.45) is 3.38. The van der Waals surface area contributed by atoms with Crippen molar-refractivity contribution in [2.75, 3.05) is 0 Å². The van der Waals surface area contributed by atoms with Gasteiger partial charge in [-0.3, -0.25) is 0 Å². The molecule has 0 aliphatic rings. The Labute approximate surface area is 216 Å². The van der Waals surface area contributed by atoms with Crippen LogP contribution in [-0.2, 0) is 0 Å². The van der Waals surface area contributed by atoms with Crippen molar-refractivity contribution < 1.29 is 5.11 Å². The van der Waals surface area contributed by atoms with Crippen LogP contribution in [0.15, 0.2) is 72.8 Å². The number of aryl methyl sites for hydroxylation is 1. The molecule has 1 N–H and O–H groups in total. The first-order valence-electron chi connectivity index (χ1n) is 13.4. The first-order chi connectivity index (χ1) is 16.4. The van der Waals surface area contributed by atoms with E-state index in [9.17, 15) is 5.11 Å². The van der Waals surface area contributed by atoms with E-state index in [2.05, 4.69) is 114 Å². The maximum Gasteiger partial charge on any atom is 0.115 e. The van der Waals surface area contributed by atoms with Crippen LogP contribution >= 0.6 is 0 Å². The van der Waals surface area contributed by atoms with Crippen molar-refractivity contribution in [2.45, 2.75) is 90.5 Å². The van der Waals surface area contributed by atoms with Gasteiger partial charge in [0, 0.05) is 7.59 Å². The van der Waals surface area contributed by atoms with Crippen molar-refractivity contribution in [1.29, 1.82) is 0 Å². The second-order valence-corrected chi connectivity index (χ2v) is 28.8. The van der Waals surface area contributed by atoms with E-state index in [-0.39, 0.29) is 0 Å². The van der Waals surface area contributed by atoms with Crippen LogP contribution in [0.3, 0.4) is 0 Å². The molecular weight excluding hydrogens is 457 g/mol. The van der Waals surface area contributed by atoms with Gasteiger partial charge in [0.05, 0.1) is 7.59 Å². The largest absolute Gasteiger partial charge is 0.508 e. The minimum Gasteiger partial charge on any atom is -0.508 e. The average Bonchev–Trinajstić information content (AvgIpc) is 2.82. The van der Waals surface area contributed by atoms with Gasteiger partial charge in [0.15, 0.2) is 0 Å². The van der Waals surface area contributed by atoms with Crippen LogP contribution in [0.2, 0.25) is 32.7 Å². The van der Waals surface area contributed by atoms with Gasteiger partial charge in [-0.05, 0) is 72.8 Å². The molecule has 1 nitrogen and oxygen atoms in total. The molecule has 35 heavy (non-hydrogen) atoms. The fourth-order valence-electron chi connectivity index (χ4n) is 5.06. The van der Waals surface area contributed by atoms with Crippen LogP contribution in [0, 0.1) is 6.92 Å². The van der Waals surface area contributed by atoms with Crippen molar-refractivity contribution in [3.63, 3.8) is 0 Å². The summed E-state index contributed by atoms with van der Waals surface area (Å²) < 4.78 is 0. The first kappa shape index (κ1) is 27.5. The molecule has 0 aromatic heterocycles. The molecule has 0 radical (unpaired) electrons. The van der Waals surface area contributed by atoms with Gasteiger partial charge in [-0.1, -0.05) is 118 Å². The molecule has 3 unspecified atom stereocenters. The molecular formula is C32H46OSi2. The van der Waals surface area contributed by atoms with E-state index in [1.54, 1.807) is 5.19 Å². The molecule has 0 saturated carbocycles. The van der Waals surface area contributed by atoms with Gasteiger partial charge < -0.3 is 5.11 Å². The number of phenols is 1. The summed E-state index contributed by atoms with van der Waals surface area (Å²) in [6, 6.07) is 26.7. The number of benzene rings is 3. The second-order valence-electron chi connectivity index (χ2n) is 12.2. The lowest BCUT2D eigenvalue weighted by atomic mass is 9.78. The van der Waals surface area contributed by atoms with Gasteiger partial charge >= 0.3 is 0 Å². The monoisotopic (exact) mass is 502 g/mol. The lowest BCUT2D eigenvalue weighted by molar-refractivity contribution is 0.462. The maximum atomic E-state index is 9.89. The van der Waals surface area contributed by atoms with E-state index in [1.807, 2.05) is 12.1 Å². The van der Waals surface area contributed by atoms with Crippen LogP contribution in [0.4, 0.5) is 0 Å². The van der Waals surface area contributed by atoms with Gasteiger partial charge in [0.1, 0.15) is 5.75 Å². The van der Waals surface area contributed by atoms with Crippen molar-refractivity contribution in [3.05, 3.63) is 95.1 Å². The quantitative estimate of drug-likeness (QED) is 0.274. The maximum absolute atomic E-state index is 9.89. The topological polar surface area (TPSA) is 20.2 Å². The van der Waals surface area contributed by atoms with Crippen molar-refractivity contribution in [3.8, 4) is 5.75 Å². The Morgan fingerprint density at radius 1 is 0.657 bits per heavy atom. The Hall–Kier alpha value is -2.11. The lowest BCUT2D eigenvalue weighted by Gasteiger charge is -2.36. The second kappa shape index (κ2) is 11.3. The molecule has 188 valence electrons. The zero-order valence-electron chi connectivity index (χ0n) is 23.2. The summed E-state index contributed by atoms with van der Waals surface area (Å²) in [5.74, 6) is 1.81. The fraction of sp³-hybridized carbons (Fsp3) is 0.438. The molecule has 3 atom stereocenters. The number of hydrogen-bond acceptors (Lipinski definition) is 1. The molecule has 0 aliphatic heterocycles. The molecule has 0 amide bonds. The summed E-state index contributed by atoms with van der Waals surface area (Å²) in [5.41, 5.74) is 5.54. The zero-order valence-corrected chi connectivity index (χ0v) is 25.2. The number of phenolic OH excluding ortho intramolecular Hbond substituents is 1. The lowest BCUT2D eigenvalue weighted by Crippen LogP contribution is -2.61. The molecule has 0 saturated heterocycles. The van der Waals surface area contributed by atoms with Crippen molar-refractivity contribution >= 4 is 20.4 Å². The van der Waals surface area contributed by atoms with Gasteiger partial charge in [0.2, 0.25) is 0 Å². The van der Waals surface area contributed by atoms with Crippen molar-refractivity contribution in [1.82, 2.24) is 0 Å². The summed E-state index contributed by atoms with van der Waals surface area (Å²) in [7, 11) is -2.58. The first-order valence-corrected chi connectivity index (χ1v) is 20.9. The SMILES string of the molecule is CCC(CC(CC(C)c1ccc(C)cc1)c1ccc(O)cc1)c1ccc([Si](C)(C)[Si](C)(C)C)cc1. The summed E-state index contributed by atoms with van der Waals surface area (Å²) in [5, 5.41) is 11.5. The van der Waals surface area contributed by atoms with E-state index < -0.39 is 15.2 Å². The van der Waals surface area contributed by atoms with Crippen LogP contribution in [0.1, 0.15) is 73.1 Å². The third kappa shape index (κ3) is 6.77. The minimum absolute atomic E-state index is 0.343. The molecule has 0 fully saturated rings. The van der Waals surface area contributed by atoms with Gasteiger partial charge in [-0.15, -0.1) is 0 Å². The van der Waals surface area contributed by atoms with Gasteiger partial charge in [-0.2, -0.15) is 0 Å². The van der Waals surface area contributed by atoms with Gasteiger partial charge in [-0.25, -0.2) is 0 Å². The zero-order chi connectivity index (χ0) is 25.8. The molecule has 0 spiro atoms. The Balaban J connectivity index is 1.86. The molecule has 3 heteroatoms. The molecule has 0 bridgehead atoms. The summed E-state index contributed by atoms with van der Waals surface area (Å²) >= 11 is 0. The summed E-state index contributed by atoms with van der Waals surface area (Å²) in [6.45, 7) is 19.5. The summed E-state index contributed by atoms with van der Waals surface area (Å²) in [4.78, 5) is 0. The van der Waals surface area contributed by atoms with E-state index in [1.165, 1.54) is 22.3 Å². The van der Waals surface area contributed by atoms with E-state index in [0.717, 1.165) is 19.3 Å². The smallest absolute Gasteiger partial charge is 0.115 e. The highest BCUT2D eigenvalue weighted by molar-refractivity contribution is 7.45. The Morgan fingerprint density at radius 2 is 1.14 bits per heavy atom. The normalized spacial score (nSPS) is 15.0. The third-order valence-electron chi connectivity index (χ3n) is 8.69.